The molecule has 0 nitrogen and oxygen atoms in total. The van der Waals surface area contributed by atoms with Crippen LogP contribution in [0.3, 0.4) is 0 Å². The van der Waals surface area contributed by atoms with Crippen molar-refractivity contribution in [2.75, 3.05) is 0 Å². The maximum absolute atomic E-state index is 2.33. The van der Waals surface area contributed by atoms with Gasteiger partial charge >= 0.3 is 0 Å². The molecular weight excluding hydrogens is 336 g/mol. The number of fused-ring (bicyclic) bond motifs is 3. The van der Waals surface area contributed by atoms with Crippen LogP contribution in [0, 0.1) is 6.92 Å². The van der Waals surface area contributed by atoms with Gasteiger partial charge in [-0.3, -0.25) is 0 Å². The zero-order valence-corrected chi connectivity index (χ0v) is 16.0. The molecule has 0 spiro atoms. The molecule has 134 valence electrons. The zero-order valence-electron chi connectivity index (χ0n) is 16.0. The SMILES string of the molecule is Cc1ccccc1Cc1ccc(-c2cc3ccccc3c3ccccc23)cc1. The number of benzene rings is 5. The van der Waals surface area contributed by atoms with Gasteiger partial charge in [0.25, 0.3) is 0 Å². The second kappa shape index (κ2) is 6.98. The Morgan fingerprint density at radius 1 is 0.571 bits per heavy atom. The highest BCUT2D eigenvalue weighted by molar-refractivity contribution is 6.13. The van der Waals surface area contributed by atoms with Gasteiger partial charge in [0.1, 0.15) is 0 Å². The van der Waals surface area contributed by atoms with Gasteiger partial charge in [0, 0.05) is 0 Å². The Bertz CT molecular complexity index is 1280. The second-order valence-corrected chi connectivity index (χ2v) is 7.49. The van der Waals surface area contributed by atoms with E-state index in [-0.39, 0.29) is 0 Å². The molecule has 0 aromatic heterocycles. The summed E-state index contributed by atoms with van der Waals surface area (Å²) in [6, 6.07) is 37.4. The molecule has 0 aliphatic rings. The molecule has 0 aliphatic carbocycles. The van der Waals surface area contributed by atoms with Gasteiger partial charge < -0.3 is 0 Å². The summed E-state index contributed by atoms with van der Waals surface area (Å²) in [5, 5.41) is 5.24. The average molecular weight is 358 g/mol. The van der Waals surface area contributed by atoms with E-state index in [2.05, 4.69) is 110 Å². The van der Waals surface area contributed by atoms with Crippen LogP contribution in [0.2, 0.25) is 0 Å². The van der Waals surface area contributed by atoms with Crippen LogP contribution < -0.4 is 0 Å². The van der Waals surface area contributed by atoms with Crippen LogP contribution >= 0.6 is 0 Å². The normalized spacial score (nSPS) is 11.2. The van der Waals surface area contributed by atoms with Crippen molar-refractivity contribution >= 4 is 21.5 Å². The number of aryl methyl sites for hydroxylation is 1. The van der Waals surface area contributed by atoms with Gasteiger partial charge in [0.05, 0.1) is 0 Å². The summed E-state index contributed by atoms with van der Waals surface area (Å²) in [7, 11) is 0. The molecule has 5 aromatic carbocycles. The average Bonchev–Trinajstić information content (AvgIpc) is 2.75. The van der Waals surface area contributed by atoms with Crippen LogP contribution in [0.4, 0.5) is 0 Å². The third kappa shape index (κ3) is 2.97. The lowest BCUT2D eigenvalue weighted by Gasteiger charge is -2.12. The van der Waals surface area contributed by atoms with Gasteiger partial charge in [-0.1, -0.05) is 97.1 Å². The lowest BCUT2D eigenvalue weighted by Crippen LogP contribution is -1.91. The predicted molar refractivity (Wildman–Crippen MR) is 121 cm³/mol. The third-order valence-corrected chi connectivity index (χ3v) is 5.69. The Labute approximate surface area is 166 Å². The molecule has 0 aliphatic heterocycles. The summed E-state index contributed by atoms with van der Waals surface area (Å²) in [6.45, 7) is 2.19. The quantitative estimate of drug-likeness (QED) is 0.292. The molecule has 0 N–H and O–H groups in total. The zero-order chi connectivity index (χ0) is 18.9. The van der Waals surface area contributed by atoms with Crippen LogP contribution in [0.1, 0.15) is 16.7 Å². The number of rotatable bonds is 3. The Morgan fingerprint density at radius 2 is 1.21 bits per heavy atom. The molecule has 0 bridgehead atoms. The van der Waals surface area contributed by atoms with Crippen molar-refractivity contribution in [1.82, 2.24) is 0 Å². The molecule has 0 radical (unpaired) electrons. The van der Waals surface area contributed by atoms with Crippen molar-refractivity contribution in [3.8, 4) is 11.1 Å². The Balaban J connectivity index is 1.59. The van der Waals surface area contributed by atoms with E-state index in [1.54, 1.807) is 0 Å². The fourth-order valence-electron chi connectivity index (χ4n) is 4.12. The highest BCUT2D eigenvalue weighted by atomic mass is 14.1. The largest absolute Gasteiger partial charge is 0.0620 e. The van der Waals surface area contributed by atoms with Gasteiger partial charge in [-0.05, 0) is 68.8 Å². The summed E-state index contributed by atoms with van der Waals surface area (Å²) in [5.41, 5.74) is 6.67. The molecule has 0 saturated carbocycles. The monoisotopic (exact) mass is 358 g/mol. The summed E-state index contributed by atoms with van der Waals surface area (Å²) < 4.78 is 0. The summed E-state index contributed by atoms with van der Waals surface area (Å²) in [5.74, 6) is 0. The van der Waals surface area contributed by atoms with Crippen molar-refractivity contribution < 1.29 is 0 Å². The molecule has 5 aromatic rings. The first kappa shape index (κ1) is 16.8. The van der Waals surface area contributed by atoms with Crippen LogP contribution in [0.25, 0.3) is 32.7 Å². The van der Waals surface area contributed by atoms with E-state index in [0.717, 1.165) is 6.42 Å². The predicted octanol–water partition coefficient (Wildman–Crippen LogP) is 7.56. The first-order chi connectivity index (χ1) is 13.8. The third-order valence-electron chi connectivity index (χ3n) is 5.69. The molecular formula is C28H22. The minimum atomic E-state index is 0.978. The maximum Gasteiger partial charge on any atom is -0.00231 e. The molecule has 0 fully saturated rings. The van der Waals surface area contributed by atoms with Crippen molar-refractivity contribution in [3.05, 3.63) is 120 Å². The van der Waals surface area contributed by atoms with Crippen molar-refractivity contribution in [3.63, 3.8) is 0 Å². The van der Waals surface area contributed by atoms with E-state index in [1.807, 2.05) is 0 Å². The topological polar surface area (TPSA) is 0 Å². The second-order valence-electron chi connectivity index (χ2n) is 7.49. The van der Waals surface area contributed by atoms with Crippen LogP contribution in [0.15, 0.2) is 103 Å². The Kier molecular flexibility index (Phi) is 4.18. The van der Waals surface area contributed by atoms with E-state index in [1.165, 1.54) is 49.4 Å². The molecule has 0 saturated heterocycles. The van der Waals surface area contributed by atoms with Crippen molar-refractivity contribution in [2.45, 2.75) is 13.3 Å². The van der Waals surface area contributed by atoms with Gasteiger partial charge in [-0.15, -0.1) is 0 Å². The summed E-state index contributed by atoms with van der Waals surface area (Å²) >= 11 is 0. The Hall–Kier alpha value is -3.38. The van der Waals surface area contributed by atoms with E-state index in [9.17, 15) is 0 Å². The minimum absolute atomic E-state index is 0.978. The van der Waals surface area contributed by atoms with Gasteiger partial charge in [-0.25, -0.2) is 0 Å². The number of hydrogen-bond acceptors (Lipinski definition) is 0. The molecule has 0 unspecified atom stereocenters. The van der Waals surface area contributed by atoms with Crippen LogP contribution in [-0.2, 0) is 6.42 Å². The molecule has 5 rings (SSSR count). The maximum atomic E-state index is 2.33. The standard InChI is InChI=1S/C28H22/c1-20-8-2-3-9-23(20)18-21-14-16-22(17-15-21)28-19-24-10-4-5-11-25(24)26-12-6-7-13-27(26)28/h2-17,19H,18H2,1H3. The molecule has 0 heteroatoms. The summed E-state index contributed by atoms with van der Waals surface area (Å²) in [6.07, 6.45) is 0.978. The Morgan fingerprint density at radius 3 is 2.00 bits per heavy atom. The molecule has 0 heterocycles. The van der Waals surface area contributed by atoms with Gasteiger partial charge in [-0.2, -0.15) is 0 Å². The minimum Gasteiger partial charge on any atom is -0.0620 e. The number of hydrogen-bond donors (Lipinski definition) is 0. The molecule has 0 atom stereocenters. The van der Waals surface area contributed by atoms with E-state index >= 15 is 0 Å². The first-order valence-electron chi connectivity index (χ1n) is 9.84. The van der Waals surface area contributed by atoms with Gasteiger partial charge in [0.2, 0.25) is 0 Å². The van der Waals surface area contributed by atoms with Crippen molar-refractivity contribution in [1.29, 1.82) is 0 Å². The van der Waals surface area contributed by atoms with Crippen LogP contribution in [-0.4, -0.2) is 0 Å². The molecule has 0 amide bonds. The van der Waals surface area contributed by atoms with E-state index < -0.39 is 0 Å². The fraction of sp³-hybridized carbons (Fsp3) is 0.0714. The highest BCUT2D eigenvalue weighted by Crippen LogP contribution is 2.35. The lowest BCUT2D eigenvalue weighted by atomic mass is 9.92. The highest BCUT2D eigenvalue weighted by Gasteiger charge is 2.08. The summed E-state index contributed by atoms with van der Waals surface area (Å²) in [4.78, 5) is 0. The smallest absolute Gasteiger partial charge is 0.00231 e. The van der Waals surface area contributed by atoms with Crippen LogP contribution in [0.5, 0.6) is 0 Å². The van der Waals surface area contributed by atoms with Crippen molar-refractivity contribution in [2.24, 2.45) is 0 Å². The lowest BCUT2D eigenvalue weighted by molar-refractivity contribution is 1.16. The van der Waals surface area contributed by atoms with E-state index in [4.69, 9.17) is 0 Å². The fourth-order valence-corrected chi connectivity index (χ4v) is 4.12. The first-order valence-corrected chi connectivity index (χ1v) is 9.84. The van der Waals surface area contributed by atoms with Gasteiger partial charge in [0.15, 0.2) is 0 Å². The molecule has 28 heavy (non-hydrogen) atoms. The van der Waals surface area contributed by atoms with E-state index in [0.29, 0.717) is 0 Å².